The van der Waals surface area contributed by atoms with Crippen molar-refractivity contribution < 1.29 is 22.4 Å². The second-order valence-electron chi connectivity index (χ2n) is 6.66. The van der Waals surface area contributed by atoms with Gasteiger partial charge >= 0.3 is 6.18 Å². The predicted octanol–water partition coefficient (Wildman–Crippen LogP) is 6.66. The summed E-state index contributed by atoms with van der Waals surface area (Å²) in [5.41, 5.74) is -0.634. The minimum Gasteiger partial charge on any atom is -0.374 e. The average Bonchev–Trinajstić information content (AvgIpc) is 3.23. The van der Waals surface area contributed by atoms with Crippen LogP contribution in [0.4, 0.5) is 17.6 Å². The molecule has 2 aromatic rings. The fourth-order valence-electron chi connectivity index (χ4n) is 3.58. The molecule has 2 aliphatic rings. The van der Waals surface area contributed by atoms with Gasteiger partial charge in [0.15, 0.2) is 5.82 Å². The summed E-state index contributed by atoms with van der Waals surface area (Å²) in [6.45, 7) is 0. The molecule has 0 N–H and O–H groups in total. The maximum absolute atomic E-state index is 14.0. The molecule has 144 valence electrons. The molecular weight excluding hydrogens is 425 g/mol. The minimum absolute atomic E-state index is 0.247. The van der Waals surface area contributed by atoms with Gasteiger partial charge in [0.05, 0.1) is 21.3 Å². The monoisotopic (exact) mass is 437 g/mol. The molecule has 0 radical (unpaired) electrons. The summed E-state index contributed by atoms with van der Waals surface area (Å²) in [5.74, 6) is -0.967. The predicted molar refractivity (Wildman–Crippen MR) is 97.4 cm³/mol. The number of fused-ring (bicyclic) bond motifs is 1. The first-order chi connectivity index (χ1) is 12.7. The van der Waals surface area contributed by atoms with E-state index in [0.717, 1.165) is 48.3 Å². The van der Waals surface area contributed by atoms with Crippen LogP contribution in [-0.2, 0) is 23.3 Å². The van der Waals surface area contributed by atoms with E-state index in [-0.39, 0.29) is 11.3 Å². The second-order valence-corrected chi connectivity index (χ2v) is 8.35. The Morgan fingerprint density at radius 3 is 2.44 bits per heavy atom. The highest BCUT2D eigenvalue weighted by molar-refractivity contribution is 7.12. The summed E-state index contributed by atoms with van der Waals surface area (Å²) in [6, 6.07) is 1.80. The maximum Gasteiger partial charge on any atom is 0.435 e. The minimum atomic E-state index is -4.79. The molecule has 27 heavy (non-hydrogen) atoms. The second kappa shape index (κ2) is 6.64. The molecule has 0 fully saturated rings. The normalized spacial score (nSPS) is 22.4. The summed E-state index contributed by atoms with van der Waals surface area (Å²) in [7, 11) is 0. The van der Waals surface area contributed by atoms with Gasteiger partial charge in [0, 0.05) is 5.56 Å². The third-order valence-electron chi connectivity index (χ3n) is 5.00. The first-order valence-corrected chi connectivity index (χ1v) is 9.93. The topological polar surface area (TPSA) is 21.6 Å². The molecule has 9 heteroatoms. The summed E-state index contributed by atoms with van der Waals surface area (Å²) in [6.07, 6.45) is -1.49. The Morgan fingerprint density at radius 2 is 1.78 bits per heavy atom. The highest BCUT2D eigenvalue weighted by atomic mass is 35.5. The van der Waals surface area contributed by atoms with E-state index in [1.807, 2.05) is 5.38 Å². The molecule has 0 amide bonds. The van der Waals surface area contributed by atoms with Crippen molar-refractivity contribution in [3.63, 3.8) is 0 Å². The van der Waals surface area contributed by atoms with Crippen LogP contribution in [0, 0.1) is 5.82 Å². The van der Waals surface area contributed by atoms with Gasteiger partial charge in [-0.15, -0.1) is 11.3 Å². The number of rotatable bonds is 2. The largest absolute Gasteiger partial charge is 0.435 e. The average molecular weight is 438 g/mol. The van der Waals surface area contributed by atoms with Gasteiger partial charge in [-0.3, -0.25) is 0 Å². The molecule has 0 saturated heterocycles. The summed E-state index contributed by atoms with van der Waals surface area (Å²) in [4.78, 5) is 5.73. The van der Waals surface area contributed by atoms with Crippen LogP contribution in [-0.4, -0.2) is 11.9 Å². The standard InChI is InChI=1S/C18H13Cl2F4NOS/c19-12-5-10(6-13(20)15(12)21)17(18(22,23)24)7-14(25-26-17)16-11-4-2-1-3-9(11)8-27-16/h5-6,8H,1-4,7H2. The van der Waals surface area contributed by atoms with Crippen molar-refractivity contribution in [2.45, 2.75) is 43.9 Å². The van der Waals surface area contributed by atoms with Gasteiger partial charge in [0.1, 0.15) is 5.71 Å². The molecule has 0 spiro atoms. The van der Waals surface area contributed by atoms with Crippen molar-refractivity contribution in [2.24, 2.45) is 5.16 Å². The number of nitrogens with zero attached hydrogens (tertiary/aromatic N) is 1. The Hall–Kier alpha value is -1.31. The lowest BCUT2D eigenvalue weighted by Crippen LogP contribution is -2.42. The number of halogens is 6. The van der Waals surface area contributed by atoms with Gasteiger partial charge in [-0.25, -0.2) is 4.39 Å². The van der Waals surface area contributed by atoms with Crippen LogP contribution < -0.4 is 0 Å². The van der Waals surface area contributed by atoms with E-state index in [4.69, 9.17) is 28.0 Å². The van der Waals surface area contributed by atoms with Gasteiger partial charge in [-0.05, 0) is 54.3 Å². The van der Waals surface area contributed by atoms with E-state index in [9.17, 15) is 17.6 Å². The molecule has 4 rings (SSSR count). The molecule has 0 bridgehead atoms. The Kier molecular flexibility index (Phi) is 4.68. The molecule has 1 aliphatic heterocycles. The quantitative estimate of drug-likeness (QED) is 0.380. The van der Waals surface area contributed by atoms with E-state index in [1.165, 1.54) is 16.9 Å². The molecule has 1 aromatic carbocycles. The number of hydrogen-bond acceptors (Lipinski definition) is 3. The van der Waals surface area contributed by atoms with Crippen molar-refractivity contribution in [3.8, 4) is 0 Å². The third kappa shape index (κ3) is 3.04. The molecule has 2 heterocycles. The Balaban J connectivity index is 1.76. The molecule has 1 unspecified atom stereocenters. The summed E-state index contributed by atoms with van der Waals surface area (Å²) >= 11 is 12.8. The fourth-order valence-corrected chi connectivity index (χ4v) is 5.20. The highest BCUT2D eigenvalue weighted by Crippen LogP contribution is 2.50. The SMILES string of the molecule is Fc1c(Cl)cc(C2(C(F)(F)F)CC(c3scc4c3CCCC4)=NO2)cc1Cl. The first kappa shape index (κ1) is 19.0. The Bertz CT molecular complexity index is 917. The molecule has 2 nitrogen and oxygen atoms in total. The number of oxime groups is 1. The van der Waals surface area contributed by atoms with Crippen LogP contribution in [0.25, 0.3) is 0 Å². The summed E-state index contributed by atoms with van der Waals surface area (Å²) in [5, 5.41) is 4.78. The van der Waals surface area contributed by atoms with E-state index in [0.29, 0.717) is 0 Å². The van der Waals surface area contributed by atoms with Crippen molar-refractivity contribution in [1.29, 1.82) is 0 Å². The number of alkyl halides is 3. The molecule has 0 saturated carbocycles. The van der Waals surface area contributed by atoms with Crippen molar-refractivity contribution in [2.75, 3.05) is 0 Å². The molecule has 1 aromatic heterocycles. The molecule has 1 atom stereocenters. The number of aryl methyl sites for hydroxylation is 1. The van der Waals surface area contributed by atoms with Crippen LogP contribution in [0.15, 0.2) is 22.7 Å². The Morgan fingerprint density at radius 1 is 1.11 bits per heavy atom. The van der Waals surface area contributed by atoms with E-state index >= 15 is 0 Å². The van der Waals surface area contributed by atoms with E-state index < -0.39 is 34.1 Å². The lowest BCUT2D eigenvalue weighted by atomic mass is 9.86. The van der Waals surface area contributed by atoms with Crippen molar-refractivity contribution >= 4 is 40.3 Å². The van der Waals surface area contributed by atoms with Gasteiger partial charge in [0.25, 0.3) is 5.60 Å². The number of hydrogen-bond donors (Lipinski definition) is 0. The lowest BCUT2D eigenvalue weighted by Gasteiger charge is -2.29. The first-order valence-electron chi connectivity index (χ1n) is 8.29. The van der Waals surface area contributed by atoms with Gasteiger partial charge < -0.3 is 4.84 Å². The Labute approximate surface area is 166 Å². The van der Waals surface area contributed by atoms with Crippen molar-refractivity contribution in [3.05, 3.63) is 54.9 Å². The fraction of sp³-hybridized carbons (Fsp3) is 0.389. The molecular formula is C18H13Cl2F4NOS. The van der Waals surface area contributed by atoms with Crippen molar-refractivity contribution in [1.82, 2.24) is 0 Å². The zero-order valence-electron chi connectivity index (χ0n) is 13.8. The van der Waals surface area contributed by atoms with Crippen LogP contribution in [0.1, 0.15) is 40.8 Å². The molecule has 1 aliphatic carbocycles. The van der Waals surface area contributed by atoms with Crippen LogP contribution in [0.3, 0.4) is 0 Å². The highest BCUT2D eigenvalue weighted by Gasteiger charge is 2.62. The maximum atomic E-state index is 14.0. The van der Waals surface area contributed by atoms with Gasteiger partial charge in [0.2, 0.25) is 0 Å². The van der Waals surface area contributed by atoms with Gasteiger partial charge in [-0.2, -0.15) is 13.2 Å². The van der Waals surface area contributed by atoms with E-state index in [2.05, 4.69) is 5.16 Å². The third-order valence-corrected chi connectivity index (χ3v) is 6.67. The number of benzene rings is 1. The zero-order valence-corrected chi connectivity index (χ0v) is 16.1. The number of thiophene rings is 1. The van der Waals surface area contributed by atoms with Crippen LogP contribution >= 0.6 is 34.5 Å². The van der Waals surface area contributed by atoms with Crippen LogP contribution in [0.5, 0.6) is 0 Å². The van der Waals surface area contributed by atoms with E-state index in [1.54, 1.807) is 0 Å². The smallest absolute Gasteiger partial charge is 0.374 e. The van der Waals surface area contributed by atoms with Gasteiger partial charge in [-0.1, -0.05) is 28.4 Å². The zero-order chi connectivity index (χ0) is 19.4. The lowest BCUT2D eigenvalue weighted by molar-refractivity contribution is -0.275. The summed E-state index contributed by atoms with van der Waals surface area (Å²) < 4.78 is 55.8. The van der Waals surface area contributed by atoms with Crippen LogP contribution in [0.2, 0.25) is 10.0 Å².